The van der Waals surface area contributed by atoms with Crippen molar-refractivity contribution in [1.29, 1.82) is 0 Å². The predicted octanol–water partition coefficient (Wildman–Crippen LogP) is 3.30. The van der Waals surface area contributed by atoms with Gasteiger partial charge in [0.15, 0.2) is 0 Å². The van der Waals surface area contributed by atoms with E-state index < -0.39 is 12.1 Å². The molecule has 3 atom stereocenters. The summed E-state index contributed by atoms with van der Waals surface area (Å²) >= 11 is 6.10. The molecule has 1 heterocycles. The molecule has 0 spiro atoms. The van der Waals surface area contributed by atoms with Crippen molar-refractivity contribution in [2.75, 3.05) is 18.9 Å². The minimum atomic E-state index is -0.707. The van der Waals surface area contributed by atoms with Gasteiger partial charge in [0.1, 0.15) is 6.04 Å². The lowest BCUT2D eigenvalue weighted by atomic mass is 10.0. The molecule has 3 unspecified atom stereocenters. The second kappa shape index (κ2) is 12.0. The van der Waals surface area contributed by atoms with Gasteiger partial charge in [-0.05, 0) is 62.6 Å². The van der Waals surface area contributed by atoms with E-state index in [0.717, 1.165) is 11.1 Å². The van der Waals surface area contributed by atoms with E-state index in [2.05, 4.69) is 16.0 Å². The van der Waals surface area contributed by atoms with Crippen LogP contribution in [0.5, 0.6) is 0 Å². The number of anilines is 1. The Morgan fingerprint density at radius 2 is 1.88 bits per heavy atom. The Kier molecular flexibility index (Phi) is 9.07. The van der Waals surface area contributed by atoms with Crippen molar-refractivity contribution in [3.8, 4) is 0 Å². The van der Waals surface area contributed by atoms with Gasteiger partial charge in [0.25, 0.3) is 0 Å². The number of likely N-dealkylation sites (N-methyl/N-ethyl adjacent to an activating group) is 1. The number of nitrogens with one attached hydrogen (secondary N) is 3. The van der Waals surface area contributed by atoms with E-state index in [1.165, 1.54) is 0 Å². The molecular weight excluding hydrogens is 452 g/mol. The van der Waals surface area contributed by atoms with Crippen molar-refractivity contribution in [3.63, 3.8) is 0 Å². The molecule has 1 fully saturated rings. The van der Waals surface area contributed by atoms with Gasteiger partial charge in [0.2, 0.25) is 17.7 Å². The van der Waals surface area contributed by atoms with Crippen LogP contribution in [0.3, 0.4) is 0 Å². The maximum Gasteiger partial charge on any atom is 0.246 e. The van der Waals surface area contributed by atoms with Crippen molar-refractivity contribution in [1.82, 2.24) is 15.5 Å². The Balaban J connectivity index is 1.69. The summed E-state index contributed by atoms with van der Waals surface area (Å²) in [5.74, 6) is -0.517. The maximum absolute atomic E-state index is 13.2. The number of benzene rings is 2. The fraction of sp³-hybridized carbons (Fsp3) is 0.423. The van der Waals surface area contributed by atoms with Gasteiger partial charge in [-0.15, -0.1) is 0 Å². The standard InChI is InChI=1S/C26H33ClN4O3/c1-4-24(32)28-20-15-23(31(3)16-20)26(34)30-22(13-10-18-8-6-5-7-9-18)25(33)29-19-11-12-21(27)17(2)14-19/h5-9,11-12,14,20,22-23H,4,10,13,15-16H2,1-3H3,(H,28,32)(H,29,33)(H,30,34). The SMILES string of the molecule is CCC(=O)NC1CC(C(=O)NC(CCc2ccccc2)C(=O)Nc2ccc(Cl)c(C)c2)N(C)C1. The first-order valence-electron chi connectivity index (χ1n) is 11.7. The fourth-order valence-electron chi connectivity index (χ4n) is 4.18. The average Bonchev–Trinajstić information content (AvgIpc) is 3.19. The van der Waals surface area contributed by atoms with Crippen LogP contribution in [0.15, 0.2) is 48.5 Å². The molecule has 2 aromatic rings. The number of carbonyl (C=O) groups excluding carboxylic acids is 3. The van der Waals surface area contributed by atoms with Crippen molar-refractivity contribution < 1.29 is 14.4 Å². The molecular formula is C26H33ClN4O3. The molecule has 0 aromatic heterocycles. The number of carbonyl (C=O) groups is 3. The van der Waals surface area contributed by atoms with Crippen LogP contribution in [0, 0.1) is 6.92 Å². The number of halogens is 1. The summed E-state index contributed by atoms with van der Waals surface area (Å²) in [5.41, 5.74) is 2.58. The number of hydrogen-bond donors (Lipinski definition) is 3. The Bertz CT molecular complexity index is 1010. The van der Waals surface area contributed by atoms with Gasteiger partial charge in [-0.1, -0.05) is 48.9 Å². The van der Waals surface area contributed by atoms with Crippen molar-refractivity contribution in [2.24, 2.45) is 0 Å². The number of rotatable bonds is 9. The largest absolute Gasteiger partial charge is 0.352 e. The Morgan fingerprint density at radius 3 is 2.56 bits per heavy atom. The van der Waals surface area contributed by atoms with Crippen LogP contribution >= 0.6 is 11.6 Å². The molecule has 182 valence electrons. The molecule has 34 heavy (non-hydrogen) atoms. The third-order valence-electron chi connectivity index (χ3n) is 6.16. The Labute approximate surface area is 206 Å². The van der Waals surface area contributed by atoms with Gasteiger partial charge in [0, 0.05) is 29.7 Å². The lowest BCUT2D eigenvalue weighted by Gasteiger charge is -2.23. The smallest absolute Gasteiger partial charge is 0.246 e. The second-order valence-electron chi connectivity index (χ2n) is 8.85. The molecule has 0 radical (unpaired) electrons. The van der Waals surface area contributed by atoms with Crippen LogP contribution in [0.25, 0.3) is 0 Å². The number of amides is 3. The quantitative estimate of drug-likeness (QED) is 0.509. The van der Waals surface area contributed by atoms with E-state index in [1.807, 2.05) is 55.3 Å². The number of nitrogens with zero attached hydrogens (tertiary/aromatic N) is 1. The monoisotopic (exact) mass is 484 g/mol. The molecule has 0 bridgehead atoms. The minimum absolute atomic E-state index is 0.0298. The van der Waals surface area contributed by atoms with Crippen LogP contribution in [0.4, 0.5) is 5.69 Å². The van der Waals surface area contributed by atoms with Crippen LogP contribution in [-0.4, -0.2) is 54.3 Å². The number of hydrogen-bond acceptors (Lipinski definition) is 4. The summed E-state index contributed by atoms with van der Waals surface area (Å²) in [6, 6.07) is 14.0. The lowest BCUT2D eigenvalue weighted by Crippen LogP contribution is -2.50. The summed E-state index contributed by atoms with van der Waals surface area (Å²) in [4.78, 5) is 40.0. The molecule has 1 aliphatic rings. The van der Waals surface area contributed by atoms with E-state index in [1.54, 1.807) is 19.1 Å². The molecule has 7 nitrogen and oxygen atoms in total. The first-order chi connectivity index (χ1) is 16.3. The van der Waals surface area contributed by atoms with Gasteiger partial charge in [-0.25, -0.2) is 0 Å². The lowest BCUT2D eigenvalue weighted by molar-refractivity contribution is -0.129. The molecule has 1 saturated heterocycles. The summed E-state index contributed by atoms with van der Waals surface area (Å²) in [5, 5.41) is 9.46. The first kappa shape index (κ1) is 25.7. The fourth-order valence-corrected chi connectivity index (χ4v) is 4.30. The molecule has 0 aliphatic carbocycles. The normalized spacial score (nSPS) is 18.8. The highest BCUT2D eigenvalue weighted by atomic mass is 35.5. The summed E-state index contributed by atoms with van der Waals surface area (Å²) in [6.07, 6.45) is 2.02. The predicted molar refractivity (Wildman–Crippen MR) is 135 cm³/mol. The molecule has 3 amide bonds. The first-order valence-corrected chi connectivity index (χ1v) is 12.1. The van der Waals surface area contributed by atoms with Gasteiger partial charge in [-0.3, -0.25) is 19.3 Å². The minimum Gasteiger partial charge on any atom is -0.352 e. The van der Waals surface area contributed by atoms with Gasteiger partial charge in [0.05, 0.1) is 6.04 Å². The Hall–Kier alpha value is -2.90. The molecule has 3 N–H and O–H groups in total. The average molecular weight is 485 g/mol. The molecule has 3 rings (SSSR count). The van der Waals surface area contributed by atoms with Crippen LogP contribution in [-0.2, 0) is 20.8 Å². The van der Waals surface area contributed by atoms with Crippen LogP contribution in [0.2, 0.25) is 5.02 Å². The third-order valence-corrected chi connectivity index (χ3v) is 6.58. The van der Waals surface area contributed by atoms with Gasteiger partial charge in [-0.2, -0.15) is 0 Å². The van der Waals surface area contributed by atoms with Crippen molar-refractivity contribution in [3.05, 3.63) is 64.7 Å². The van der Waals surface area contributed by atoms with E-state index in [0.29, 0.717) is 42.9 Å². The summed E-state index contributed by atoms with van der Waals surface area (Å²) < 4.78 is 0. The molecule has 2 aromatic carbocycles. The van der Waals surface area contributed by atoms with Crippen molar-refractivity contribution >= 4 is 35.0 Å². The Morgan fingerprint density at radius 1 is 1.15 bits per heavy atom. The highest BCUT2D eigenvalue weighted by Gasteiger charge is 2.36. The van der Waals surface area contributed by atoms with E-state index in [-0.39, 0.29) is 23.8 Å². The highest BCUT2D eigenvalue weighted by molar-refractivity contribution is 6.31. The molecule has 1 aliphatic heterocycles. The zero-order valence-corrected chi connectivity index (χ0v) is 20.7. The van der Waals surface area contributed by atoms with Crippen LogP contribution in [0.1, 0.15) is 37.3 Å². The number of aryl methyl sites for hydroxylation is 2. The molecule has 8 heteroatoms. The van der Waals surface area contributed by atoms with E-state index >= 15 is 0 Å². The topological polar surface area (TPSA) is 90.5 Å². The van der Waals surface area contributed by atoms with Crippen molar-refractivity contribution in [2.45, 2.75) is 57.7 Å². The second-order valence-corrected chi connectivity index (χ2v) is 9.25. The number of likely N-dealkylation sites (tertiary alicyclic amines) is 1. The zero-order valence-electron chi connectivity index (χ0n) is 19.9. The summed E-state index contributed by atoms with van der Waals surface area (Å²) in [6.45, 7) is 4.27. The highest BCUT2D eigenvalue weighted by Crippen LogP contribution is 2.20. The maximum atomic E-state index is 13.2. The zero-order chi connectivity index (χ0) is 24.7. The van der Waals surface area contributed by atoms with E-state index in [9.17, 15) is 14.4 Å². The van der Waals surface area contributed by atoms with E-state index in [4.69, 9.17) is 11.6 Å². The molecule has 0 saturated carbocycles. The van der Waals surface area contributed by atoms with Crippen LogP contribution < -0.4 is 16.0 Å². The third kappa shape index (κ3) is 7.05. The van der Waals surface area contributed by atoms with Gasteiger partial charge < -0.3 is 16.0 Å². The summed E-state index contributed by atoms with van der Waals surface area (Å²) in [7, 11) is 1.86. The van der Waals surface area contributed by atoms with Gasteiger partial charge >= 0.3 is 0 Å².